The first-order valence-corrected chi connectivity index (χ1v) is 10.5. The average Bonchev–Trinajstić information content (AvgIpc) is 3.54. The summed E-state index contributed by atoms with van der Waals surface area (Å²) < 4.78 is 44.2. The third-order valence-corrected chi connectivity index (χ3v) is 5.62. The number of oxazole rings is 2. The molecule has 0 spiro atoms. The van der Waals surface area contributed by atoms with Gasteiger partial charge in [-0.05, 0) is 26.0 Å². The molecule has 0 radical (unpaired) electrons. The van der Waals surface area contributed by atoms with Crippen molar-refractivity contribution in [2.24, 2.45) is 0 Å². The van der Waals surface area contributed by atoms with Gasteiger partial charge >= 0.3 is 0 Å². The Morgan fingerprint density at radius 2 is 2.12 bits per heavy atom. The summed E-state index contributed by atoms with van der Waals surface area (Å²) in [5.41, 5.74) is -0.365. The molecule has 0 aliphatic carbocycles. The van der Waals surface area contributed by atoms with Crippen LogP contribution in [0.4, 0.5) is 8.78 Å². The van der Waals surface area contributed by atoms with Crippen LogP contribution < -0.4 is 4.74 Å². The van der Waals surface area contributed by atoms with Crippen molar-refractivity contribution < 1.29 is 32.3 Å². The van der Waals surface area contributed by atoms with Crippen LogP contribution in [0.1, 0.15) is 65.7 Å². The summed E-state index contributed by atoms with van der Waals surface area (Å²) in [5, 5.41) is 10.2. The Morgan fingerprint density at radius 3 is 2.82 bits per heavy atom. The molecule has 10 nitrogen and oxygen atoms in total. The monoisotopic (exact) mass is 473 g/mol. The second-order valence-corrected chi connectivity index (χ2v) is 8.37. The predicted molar refractivity (Wildman–Crippen MR) is 112 cm³/mol. The molecule has 0 bridgehead atoms. The number of hydrogen-bond donors (Lipinski definition) is 2. The van der Waals surface area contributed by atoms with E-state index in [1.807, 2.05) is 0 Å². The zero-order valence-electron chi connectivity index (χ0n) is 18.5. The fourth-order valence-corrected chi connectivity index (χ4v) is 3.99. The summed E-state index contributed by atoms with van der Waals surface area (Å²) >= 11 is 0. The molecule has 0 saturated carbocycles. The van der Waals surface area contributed by atoms with E-state index in [-0.39, 0.29) is 18.3 Å². The van der Waals surface area contributed by atoms with Crippen molar-refractivity contribution in [1.29, 1.82) is 0 Å². The molecule has 1 amide bonds. The topological polar surface area (TPSA) is 131 Å². The molecular formula is C22H21F2N5O5. The number of benzene rings is 1. The lowest BCUT2D eigenvalue weighted by atomic mass is 10.0. The highest BCUT2D eigenvalue weighted by molar-refractivity contribution is 5.93. The van der Waals surface area contributed by atoms with E-state index in [0.717, 1.165) is 5.69 Å². The van der Waals surface area contributed by atoms with Gasteiger partial charge in [0.25, 0.3) is 12.3 Å². The molecule has 0 fully saturated rings. The number of hydrogen-bond acceptors (Lipinski definition) is 8. The Balaban J connectivity index is 1.63. The number of amides is 1. The average molecular weight is 473 g/mol. The van der Waals surface area contributed by atoms with Crippen molar-refractivity contribution in [2.75, 3.05) is 13.7 Å². The number of fused-ring (bicyclic) bond motifs is 2. The van der Waals surface area contributed by atoms with Crippen LogP contribution in [-0.2, 0) is 12.0 Å². The maximum atomic E-state index is 13.8. The van der Waals surface area contributed by atoms with Crippen molar-refractivity contribution >= 4 is 17.0 Å². The molecule has 1 aromatic carbocycles. The highest BCUT2D eigenvalue weighted by atomic mass is 19.3. The minimum absolute atomic E-state index is 0.140. The quantitative estimate of drug-likeness (QED) is 0.450. The molecule has 4 heterocycles. The van der Waals surface area contributed by atoms with E-state index in [0.29, 0.717) is 29.0 Å². The zero-order valence-corrected chi connectivity index (χ0v) is 18.5. The number of nitrogens with zero attached hydrogens (tertiary/aromatic N) is 4. The largest absolute Gasteiger partial charge is 0.494 e. The van der Waals surface area contributed by atoms with Crippen molar-refractivity contribution in [3.05, 3.63) is 59.1 Å². The zero-order chi connectivity index (χ0) is 24.2. The van der Waals surface area contributed by atoms with E-state index >= 15 is 0 Å². The van der Waals surface area contributed by atoms with Crippen molar-refractivity contribution in [2.45, 2.75) is 38.3 Å². The number of aliphatic hydroxyl groups is 1. The second kappa shape index (κ2) is 7.90. The number of methoxy groups -OCH3 is 1. The number of nitrogens with one attached hydrogen (secondary N) is 1. The lowest BCUT2D eigenvalue weighted by Gasteiger charge is -2.32. The van der Waals surface area contributed by atoms with Crippen molar-refractivity contribution in [3.63, 3.8) is 0 Å². The first-order valence-electron chi connectivity index (χ1n) is 10.5. The minimum atomic E-state index is -3.09. The number of H-pyrrole nitrogens is 1. The molecule has 3 aromatic heterocycles. The fourth-order valence-electron chi connectivity index (χ4n) is 3.99. The van der Waals surface area contributed by atoms with E-state index in [9.17, 15) is 18.7 Å². The van der Waals surface area contributed by atoms with Crippen LogP contribution in [0.2, 0.25) is 0 Å². The number of carbonyl (C=O) groups is 1. The molecule has 178 valence electrons. The van der Waals surface area contributed by atoms with Crippen LogP contribution in [0.5, 0.6) is 5.75 Å². The highest BCUT2D eigenvalue weighted by Crippen LogP contribution is 2.38. The van der Waals surface area contributed by atoms with E-state index in [1.54, 1.807) is 18.2 Å². The molecule has 0 saturated heterocycles. The third kappa shape index (κ3) is 3.50. The smallest absolute Gasteiger partial charge is 0.292 e. The van der Waals surface area contributed by atoms with Crippen molar-refractivity contribution in [3.8, 4) is 5.75 Å². The molecule has 1 aliphatic rings. The van der Waals surface area contributed by atoms with Crippen LogP contribution in [0.3, 0.4) is 0 Å². The normalized spacial score (nSPS) is 16.3. The number of aromatic amines is 1. The van der Waals surface area contributed by atoms with E-state index in [4.69, 9.17) is 13.6 Å². The summed E-state index contributed by atoms with van der Waals surface area (Å²) in [6, 6.07) is 4.25. The summed E-state index contributed by atoms with van der Waals surface area (Å²) in [4.78, 5) is 30.5. The highest BCUT2D eigenvalue weighted by Gasteiger charge is 2.42. The number of halogens is 2. The lowest BCUT2D eigenvalue weighted by Crippen LogP contribution is -2.41. The van der Waals surface area contributed by atoms with Gasteiger partial charge in [0.15, 0.2) is 22.8 Å². The van der Waals surface area contributed by atoms with Gasteiger partial charge in [0.2, 0.25) is 17.5 Å². The standard InChI is InChI=1S/C22H21F2N5O5/c1-22(2,31)21-28-15(18(23)24)17(34-21)20(30)29-8-7-10-13(26-9-25-10)16(29)19-27-14-11(32-3)5-4-6-12(14)33-19/h4-6,9,16,18,31H,7-8H2,1-3H3,(H,25,26)/t16-/m0/s1. The molecule has 12 heteroatoms. The maximum Gasteiger partial charge on any atom is 0.292 e. The third-order valence-electron chi connectivity index (χ3n) is 5.62. The number of aromatic nitrogens is 4. The van der Waals surface area contributed by atoms with Gasteiger partial charge < -0.3 is 28.6 Å². The number of rotatable bonds is 5. The van der Waals surface area contributed by atoms with E-state index in [2.05, 4.69) is 19.9 Å². The first-order chi connectivity index (χ1) is 16.2. The van der Waals surface area contributed by atoms with Crippen LogP contribution in [0.25, 0.3) is 11.1 Å². The molecule has 34 heavy (non-hydrogen) atoms. The lowest BCUT2D eigenvalue weighted by molar-refractivity contribution is 0.0436. The number of carbonyl (C=O) groups excluding carboxylic acids is 1. The number of alkyl halides is 2. The minimum Gasteiger partial charge on any atom is -0.494 e. The number of para-hydroxylation sites is 1. The maximum absolute atomic E-state index is 13.8. The van der Waals surface area contributed by atoms with Gasteiger partial charge in [0.1, 0.15) is 11.4 Å². The van der Waals surface area contributed by atoms with Gasteiger partial charge in [-0.2, -0.15) is 0 Å². The number of imidazole rings is 1. The van der Waals surface area contributed by atoms with E-state index < -0.39 is 35.4 Å². The summed E-state index contributed by atoms with van der Waals surface area (Å²) in [5.74, 6) is -1.25. The van der Waals surface area contributed by atoms with E-state index in [1.165, 1.54) is 32.2 Å². The van der Waals surface area contributed by atoms with Gasteiger partial charge in [-0.25, -0.2) is 23.7 Å². The summed E-state index contributed by atoms with van der Waals surface area (Å²) in [7, 11) is 1.50. The Kier molecular flexibility index (Phi) is 5.12. The first kappa shape index (κ1) is 22.0. The van der Waals surface area contributed by atoms with Gasteiger partial charge in [-0.15, -0.1) is 0 Å². The second-order valence-electron chi connectivity index (χ2n) is 8.37. The Hall–Kier alpha value is -3.80. The molecule has 0 unspecified atom stereocenters. The van der Waals surface area contributed by atoms with Gasteiger partial charge in [-0.3, -0.25) is 4.79 Å². The molecule has 2 N–H and O–H groups in total. The van der Waals surface area contributed by atoms with Crippen LogP contribution in [0.15, 0.2) is 33.4 Å². The van der Waals surface area contributed by atoms with Crippen LogP contribution >= 0.6 is 0 Å². The Morgan fingerprint density at radius 1 is 1.32 bits per heavy atom. The molecule has 1 atom stereocenters. The SMILES string of the molecule is COc1cccc2oc([C@@H]3c4nc[nH]c4CCN3C(=O)c3oc(C(C)(C)O)nc3C(F)F)nc12. The Bertz CT molecular complexity index is 1370. The molecule has 4 aromatic rings. The van der Waals surface area contributed by atoms with Gasteiger partial charge in [0.05, 0.1) is 19.1 Å². The number of ether oxygens (including phenoxy) is 1. The van der Waals surface area contributed by atoms with Gasteiger partial charge in [-0.1, -0.05) is 6.07 Å². The Labute approximate surface area is 191 Å². The molecule has 5 rings (SSSR count). The predicted octanol–water partition coefficient (Wildman–Crippen LogP) is 3.50. The summed E-state index contributed by atoms with van der Waals surface area (Å²) in [6.07, 6.45) is -1.20. The van der Waals surface area contributed by atoms with Gasteiger partial charge in [0, 0.05) is 18.7 Å². The fraction of sp³-hybridized carbons (Fsp3) is 0.364. The molecule has 1 aliphatic heterocycles. The summed E-state index contributed by atoms with van der Waals surface area (Å²) in [6.45, 7) is 2.80. The van der Waals surface area contributed by atoms with Crippen LogP contribution in [-0.4, -0.2) is 49.5 Å². The van der Waals surface area contributed by atoms with Crippen molar-refractivity contribution in [1.82, 2.24) is 24.8 Å². The molecular weight excluding hydrogens is 452 g/mol. The van der Waals surface area contributed by atoms with Crippen LogP contribution in [0, 0.1) is 0 Å².